The van der Waals surface area contributed by atoms with Crippen molar-refractivity contribution >= 4 is 29.0 Å². The van der Waals surface area contributed by atoms with Gasteiger partial charge in [0.25, 0.3) is 0 Å². The van der Waals surface area contributed by atoms with Crippen molar-refractivity contribution in [3.05, 3.63) is 11.6 Å². The molecule has 0 atom stereocenters. The quantitative estimate of drug-likeness (QED) is 0.700. The maximum atomic E-state index is 11.0. The second kappa shape index (κ2) is 5.95. The Bertz CT molecular complexity index is 251. The van der Waals surface area contributed by atoms with Crippen LogP contribution in [0.1, 0.15) is 0 Å². The van der Waals surface area contributed by atoms with Crippen LogP contribution in [-0.4, -0.2) is 34.9 Å². The van der Waals surface area contributed by atoms with Crippen molar-refractivity contribution < 1.29 is 9.90 Å². The Hall–Kier alpha value is -0.590. The highest BCUT2D eigenvalue weighted by Crippen LogP contribution is 2.19. The van der Waals surface area contributed by atoms with E-state index in [-0.39, 0.29) is 12.5 Å². The molecular formula is C7H10N2O2S2. The minimum absolute atomic E-state index is 0.0202. The van der Waals surface area contributed by atoms with Gasteiger partial charge in [0.15, 0.2) is 0 Å². The summed E-state index contributed by atoms with van der Waals surface area (Å²) in [5.41, 5.74) is 0. The topological polar surface area (TPSA) is 62.2 Å². The maximum absolute atomic E-state index is 11.0. The maximum Gasteiger partial charge on any atom is 0.230 e. The number of aromatic nitrogens is 1. The molecule has 1 aromatic rings. The van der Waals surface area contributed by atoms with E-state index < -0.39 is 0 Å². The van der Waals surface area contributed by atoms with Gasteiger partial charge >= 0.3 is 0 Å². The van der Waals surface area contributed by atoms with E-state index in [1.807, 2.05) is 5.38 Å². The van der Waals surface area contributed by atoms with Crippen LogP contribution in [0.5, 0.6) is 0 Å². The minimum Gasteiger partial charge on any atom is -0.395 e. The lowest BCUT2D eigenvalue weighted by Gasteiger charge is -2.00. The van der Waals surface area contributed by atoms with Crippen molar-refractivity contribution in [2.75, 3.05) is 18.9 Å². The Labute approximate surface area is 84.4 Å². The Morgan fingerprint density at radius 2 is 2.62 bits per heavy atom. The zero-order valence-electron chi connectivity index (χ0n) is 6.90. The van der Waals surface area contributed by atoms with Crippen LogP contribution < -0.4 is 5.32 Å². The molecule has 1 amide bonds. The normalized spacial score (nSPS) is 9.92. The van der Waals surface area contributed by atoms with Crippen molar-refractivity contribution in [3.63, 3.8) is 0 Å². The molecule has 0 saturated carbocycles. The summed E-state index contributed by atoms with van der Waals surface area (Å²) in [5, 5.41) is 12.9. The molecule has 0 saturated heterocycles. The average molecular weight is 218 g/mol. The zero-order valence-corrected chi connectivity index (χ0v) is 8.53. The second-order valence-electron chi connectivity index (χ2n) is 2.16. The van der Waals surface area contributed by atoms with Crippen molar-refractivity contribution in [1.82, 2.24) is 10.3 Å². The third-order valence-electron chi connectivity index (χ3n) is 1.17. The number of carbonyl (C=O) groups is 1. The van der Waals surface area contributed by atoms with Crippen LogP contribution in [0, 0.1) is 0 Å². The highest BCUT2D eigenvalue weighted by molar-refractivity contribution is 8.01. The number of hydrogen-bond donors (Lipinski definition) is 2. The number of amides is 1. The van der Waals surface area contributed by atoms with Crippen LogP contribution >= 0.6 is 23.1 Å². The molecule has 0 aromatic carbocycles. The second-order valence-corrected chi connectivity index (χ2v) is 4.28. The first-order valence-electron chi connectivity index (χ1n) is 3.73. The van der Waals surface area contributed by atoms with Gasteiger partial charge in [-0.1, -0.05) is 11.8 Å². The van der Waals surface area contributed by atoms with Gasteiger partial charge in [-0.3, -0.25) is 4.79 Å². The van der Waals surface area contributed by atoms with Crippen molar-refractivity contribution in [2.45, 2.75) is 4.34 Å². The standard InChI is InChI=1S/C7H10N2O2S2/c10-3-1-8-6(11)5-13-7-9-2-4-12-7/h2,4,10H,1,3,5H2,(H,8,11). The predicted molar refractivity (Wildman–Crippen MR) is 52.9 cm³/mol. The fourth-order valence-corrected chi connectivity index (χ4v) is 2.12. The van der Waals surface area contributed by atoms with E-state index >= 15 is 0 Å². The monoisotopic (exact) mass is 218 g/mol. The Morgan fingerprint density at radius 3 is 3.23 bits per heavy atom. The molecule has 0 unspecified atom stereocenters. The lowest BCUT2D eigenvalue weighted by Crippen LogP contribution is -2.27. The van der Waals surface area contributed by atoms with Gasteiger partial charge in [0, 0.05) is 18.1 Å². The molecule has 1 rings (SSSR count). The number of aliphatic hydroxyl groups is 1. The largest absolute Gasteiger partial charge is 0.395 e. The van der Waals surface area contributed by atoms with Crippen molar-refractivity contribution in [2.24, 2.45) is 0 Å². The zero-order chi connectivity index (χ0) is 9.52. The lowest BCUT2D eigenvalue weighted by atomic mass is 10.6. The van der Waals surface area contributed by atoms with Gasteiger partial charge in [-0.15, -0.1) is 11.3 Å². The number of thioether (sulfide) groups is 1. The fraction of sp³-hybridized carbons (Fsp3) is 0.429. The molecule has 6 heteroatoms. The first-order valence-corrected chi connectivity index (χ1v) is 5.59. The SMILES string of the molecule is O=C(CSc1nccs1)NCCO. The van der Waals surface area contributed by atoms with E-state index in [0.717, 1.165) is 4.34 Å². The van der Waals surface area contributed by atoms with Crippen LogP contribution in [0.2, 0.25) is 0 Å². The van der Waals surface area contributed by atoms with E-state index in [2.05, 4.69) is 10.3 Å². The molecule has 0 aliphatic heterocycles. The third-order valence-corrected chi connectivity index (χ3v) is 3.14. The molecule has 1 aromatic heterocycles. The summed E-state index contributed by atoms with van der Waals surface area (Å²) in [4.78, 5) is 15.1. The van der Waals surface area contributed by atoms with Crippen LogP contribution in [0.25, 0.3) is 0 Å². The summed E-state index contributed by atoms with van der Waals surface area (Å²) in [5.74, 6) is 0.280. The molecule has 0 fully saturated rings. The van der Waals surface area contributed by atoms with Gasteiger partial charge < -0.3 is 10.4 Å². The van der Waals surface area contributed by atoms with E-state index in [1.54, 1.807) is 6.20 Å². The molecule has 1 heterocycles. The van der Waals surface area contributed by atoms with Gasteiger partial charge in [0.05, 0.1) is 12.4 Å². The molecule has 0 radical (unpaired) electrons. The van der Waals surface area contributed by atoms with Crippen LogP contribution in [0.15, 0.2) is 15.9 Å². The molecule has 0 bridgehead atoms. The number of carbonyl (C=O) groups excluding carboxylic acids is 1. The summed E-state index contributed by atoms with van der Waals surface area (Å²) in [7, 11) is 0. The molecular weight excluding hydrogens is 208 g/mol. The smallest absolute Gasteiger partial charge is 0.230 e. The van der Waals surface area contributed by atoms with E-state index in [4.69, 9.17) is 5.11 Å². The van der Waals surface area contributed by atoms with Gasteiger partial charge in [0.1, 0.15) is 4.34 Å². The van der Waals surface area contributed by atoms with Crippen molar-refractivity contribution in [3.8, 4) is 0 Å². The molecule has 2 N–H and O–H groups in total. The molecule has 4 nitrogen and oxygen atoms in total. The predicted octanol–water partition coefficient (Wildman–Crippen LogP) is 0.344. The van der Waals surface area contributed by atoms with Gasteiger partial charge in [-0.05, 0) is 0 Å². The molecule has 0 spiro atoms. The Morgan fingerprint density at radius 1 is 1.77 bits per heavy atom. The summed E-state index contributed by atoms with van der Waals surface area (Å²) < 4.78 is 0.888. The summed E-state index contributed by atoms with van der Waals surface area (Å²) in [6.07, 6.45) is 1.71. The molecule has 0 aliphatic carbocycles. The van der Waals surface area contributed by atoms with Crippen molar-refractivity contribution in [1.29, 1.82) is 0 Å². The van der Waals surface area contributed by atoms with Crippen LogP contribution in [0.3, 0.4) is 0 Å². The summed E-state index contributed by atoms with van der Waals surface area (Å²) in [6, 6.07) is 0. The average Bonchev–Trinajstić information content (AvgIpc) is 2.64. The lowest BCUT2D eigenvalue weighted by molar-refractivity contribution is -0.118. The highest BCUT2D eigenvalue weighted by Gasteiger charge is 2.02. The third kappa shape index (κ3) is 4.25. The number of thiazole rings is 1. The Kier molecular flexibility index (Phi) is 4.81. The van der Waals surface area contributed by atoms with E-state index in [1.165, 1.54) is 23.1 Å². The molecule has 0 aliphatic rings. The summed E-state index contributed by atoms with van der Waals surface area (Å²) >= 11 is 2.91. The Balaban J connectivity index is 2.15. The minimum atomic E-state index is -0.0748. The summed E-state index contributed by atoms with van der Waals surface area (Å²) in [6.45, 7) is 0.297. The number of nitrogens with one attached hydrogen (secondary N) is 1. The van der Waals surface area contributed by atoms with Crippen LogP contribution in [0.4, 0.5) is 0 Å². The van der Waals surface area contributed by atoms with Gasteiger partial charge in [0.2, 0.25) is 5.91 Å². The van der Waals surface area contributed by atoms with E-state index in [9.17, 15) is 4.79 Å². The first-order chi connectivity index (χ1) is 6.33. The molecule has 13 heavy (non-hydrogen) atoms. The van der Waals surface area contributed by atoms with Gasteiger partial charge in [-0.25, -0.2) is 4.98 Å². The van der Waals surface area contributed by atoms with Gasteiger partial charge in [-0.2, -0.15) is 0 Å². The fourth-order valence-electron chi connectivity index (χ4n) is 0.655. The number of hydrogen-bond acceptors (Lipinski definition) is 5. The van der Waals surface area contributed by atoms with E-state index in [0.29, 0.717) is 12.3 Å². The molecule has 72 valence electrons. The van der Waals surface area contributed by atoms with Crippen LogP contribution in [-0.2, 0) is 4.79 Å². The number of nitrogens with zero attached hydrogens (tertiary/aromatic N) is 1. The number of aliphatic hydroxyl groups excluding tert-OH is 1. The highest BCUT2D eigenvalue weighted by atomic mass is 32.2. The number of rotatable bonds is 5. The first kappa shape index (κ1) is 10.5.